The van der Waals surface area contributed by atoms with Crippen LogP contribution >= 0.6 is 12.2 Å². The first-order chi connectivity index (χ1) is 15.2. The lowest BCUT2D eigenvalue weighted by Gasteiger charge is -2.37. The highest BCUT2D eigenvalue weighted by Gasteiger charge is 2.39. The van der Waals surface area contributed by atoms with E-state index in [1.165, 1.54) is 0 Å². The van der Waals surface area contributed by atoms with E-state index < -0.39 is 0 Å². The van der Waals surface area contributed by atoms with Crippen molar-refractivity contribution in [3.05, 3.63) is 59.4 Å². The van der Waals surface area contributed by atoms with Crippen molar-refractivity contribution in [1.82, 2.24) is 19.2 Å². The maximum Gasteiger partial charge on any atom is 0.204 e. The molecule has 0 aliphatic carbocycles. The summed E-state index contributed by atoms with van der Waals surface area (Å²) >= 11 is 5.88. The first-order valence-electron chi connectivity index (χ1n) is 10.6. The Morgan fingerprint density at radius 1 is 1.00 bits per heavy atom. The van der Waals surface area contributed by atoms with E-state index in [0.717, 1.165) is 48.8 Å². The van der Waals surface area contributed by atoms with Gasteiger partial charge < -0.3 is 14.2 Å². The van der Waals surface area contributed by atoms with Crippen LogP contribution in [0.3, 0.4) is 0 Å². The minimum Gasteiger partial charge on any atom is -0.497 e. The molecule has 2 aliphatic rings. The number of likely N-dealkylation sites (tertiary alicyclic amines) is 1. The summed E-state index contributed by atoms with van der Waals surface area (Å²) in [6, 6.07) is 18.0. The van der Waals surface area contributed by atoms with E-state index in [4.69, 9.17) is 31.5 Å². The van der Waals surface area contributed by atoms with E-state index in [0.29, 0.717) is 24.7 Å². The molecule has 0 unspecified atom stereocenters. The molecule has 1 aromatic heterocycles. The molecule has 0 amide bonds. The van der Waals surface area contributed by atoms with Crippen LogP contribution in [-0.2, 0) is 16.1 Å². The summed E-state index contributed by atoms with van der Waals surface area (Å²) in [7, 11) is 1.67. The predicted molar refractivity (Wildman–Crippen MR) is 120 cm³/mol. The molecule has 3 heterocycles. The van der Waals surface area contributed by atoms with E-state index in [1.54, 1.807) is 7.11 Å². The number of aromatic nitrogens is 3. The van der Waals surface area contributed by atoms with E-state index >= 15 is 0 Å². The zero-order valence-electron chi connectivity index (χ0n) is 17.6. The maximum absolute atomic E-state index is 5.88. The third kappa shape index (κ3) is 4.04. The first-order valence-corrected chi connectivity index (χ1v) is 11.0. The Hall–Kier alpha value is -2.52. The second-order valence-corrected chi connectivity index (χ2v) is 8.24. The van der Waals surface area contributed by atoms with Gasteiger partial charge in [-0.1, -0.05) is 18.2 Å². The van der Waals surface area contributed by atoms with Crippen LogP contribution in [0, 0.1) is 4.77 Å². The van der Waals surface area contributed by atoms with Gasteiger partial charge in [-0.15, -0.1) is 5.10 Å². The zero-order chi connectivity index (χ0) is 21.3. The molecule has 1 spiro atoms. The number of ether oxygens (including phenoxy) is 3. The number of rotatable bonds is 5. The molecule has 0 radical (unpaired) electrons. The molecule has 0 bridgehead atoms. The van der Waals surface area contributed by atoms with Crippen LogP contribution in [0.4, 0.5) is 0 Å². The normalized spacial score (nSPS) is 18.5. The summed E-state index contributed by atoms with van der Waals surface area (Å²) in [5.41, 5.74) is 1.98. The quantitative estimate of drug-likeness (QED) is 0.564. The molecule has 2 aromatic carbocycles. The number of para-hydroxylation sites is 1. The Kier molecular flexibility index (Phi) is 5.62. The zero-order valence-corrected chi connectivity index (χ0v) is 18.4. The Balaban J connectivity index is 1.45. The summed E-state index contributed by atoms with van der Waals surface area (Å²) in [5, 5.41) is 4.93. The molecule has 31 heavy (non-hydrogen) atoms. The average molecular weight is 439 g/mol. The SMILES string of the molecule is COc1ccc(-c2nn(CN3CCC4(CC3)OCCO4)c(=S)n2-c2ccccc2)cc1. The fourth-order valence-corrected chi connectivity index (χ4v) is 4.54. The van der Waals surface area contributed by atoms with Gasteiger partial charge in [-0.3, -0.25) is 9.47 Å². The Labute approximate surface area is 186 Å². The fraction of sp³-hybridized carbons (Fsp3) is 0.391. The van der Waals surface area contributed by atoms with E-state index in [9.17, 15) is 0 Å². The molecular formula is C23H26N4O3S. The van der Waals surface area contributed by atoms with Crippen molar-refractivity contribution in [3.63, 3.8) is 0 Å². The third-order valence-electron chi connectivity index (χ3n) is 5.97. The van der Waals surface area contributed by atoms with Gasteiger partial charge in [0.15, 0.2) is 11.6 Å². The fourth-order valence-electron chi connectivity index (χ4n) is 4.25. The van der Waals surface area contributed by atoms with Gasteiger partial charge >= 0.3 is 0 Å². The summed E-state index contributed by atoms with van der Waals surface area (Å²) < 4.78 is 21.6. The maximum atomic E-state index is 5.88. The molecule has 8 heteroatoms. The lowest BCUT2D eigenvalue weighted by atomic mass is 10.0. The van der Waals surface area contributed by atoms with Crippen molar-refractivity contribution in [1.29, 1.82) is 0 Å². The third-order valence-corrected chi connectivity index (χ3v) is 6.36. The van der Waals surface area contributed by atoms with E-state index in [2.05, 4.69) is 4.90 Å². The molecule has 2 saturated heterocycles. The van der Waals surface area contributed by atoms with Gasteiger partial charge in [0, 0.05) is 37.2 Å². The lowest BCUT2D eigenvalue weighted by Crippen LogP contribution is -2.45. The van der Waals surface area contributed by atoms with Crippen LogP contribution in [-0.4, -0.2) is 58.4 Å². The van der Waals surface area contributed by atoms with Crippen molar-refractivity contribution in [2.45, 2.75) is 25.3 Å². The highest BCUT2D eigenvalue weighted by Crippen LogP contribution is 2.31. The minimum atomic E-state index is -0.379. The summed E-state index contributed by atoms with van der Waals surface area (Å²) in [4.78, 5) is 2.35. The van der Waals surface area contributed by atoms with Crippen LogP contribution in [0.1, 0.15) is 12.8 Å². The van der Waals surface area contributed by atoms with Crippen molar-refractivity contribution in [2.75, 3.05) is 33.4 Å². The van der Waals surface area contributed by atoms with Gasteiger partial charge in [0.2, 0.25) is 4.77 Å². The van der Waals surface area contributed by atoms with E-state index in [1.807, 2.05) is 63.8 Å². The van der Waals surface area contributed by atoms with Crippen LogP contribution in [0.25, 0.3) is 17.1 Å². The highest BCUT2D eigenvalue weighted by molar-refractivity contribution is 7.71. The molecule has 3 aromatic rings. The largest absolute Gasteiger partial charge is 0.497 e. The number of methoxy groups -OCH3 is 1. The van der Waals surface area contributed by atoms with Gasteiger partial charge in [-0.05, 0) is 48.6 Å². The number of benzene rings is 2. The van der Waals surface area contributed by atoms with Gasteiger partial charge in [-0.25, -0.2) is 4.68 Å². The molecule has 0 saturated carbocycles. The Morgan fingerprint density at radius 3 is 2.32 bits per heavy atom. The van der Waals surface area contributed by atoms with Crippen molar-refractivity contribution in [2.24, 2.45) is 0 Å². The highest BCUT2D eigenvalue weighted by atomic mass is 32.1. The molecule has 0 atom stereocenters. The van der Waals surface area contributed by atoms with Crippen LogP contribution in [0.5, 0.6) is 5.75 Å². The lowest BCUT2D eigenvalue weighted by molar-refractivity contribution is -0.187. The number of piperidine rings is 1. The molecule has 5 rings (SSSR count). The Bertz CT molecular complexity index is 1080. The number of nitrogens with zero attached hydrogens (tertiary/aromatic N) is 4. The smallest absolute Gasteiger partial charge is 0.204 e. The predicted octanol–water partition coefficient (Wildman–Crippen LogP) is 3.88. The standard InChI is InChI=1S/C23H26N4O3S/c1-28-20-9-7-18(8-10-20)21-24-26(22(31)27(21)19-5-3-2-4-6-19)17-25-13-11-23(12-14-25)29-15-16-30-23/h2-10H,11-17H2,1H3. The van der Waals surface area contributed by atoms with Crippen molar-refractivity contribution < 1.29 is 14.2 Å². The number of hydrogen-bond acceptors (Lipinski definition) is 6. The van der Waals surface area contributed by atoms with Gasteiger partial charge in [0.1, 0.15) is 5.75 Å². The van der Waals surface area contributed by atoms with Gasteiger partial charge in [-0.2, -0.15) is 0 Å². The van der Waals surface area contributed by atoms with Crippen molar-refractivity contribution in [3.8, 4) is 22.8 Å². The van der Waals surface area contributed by atoms with Gasteiger partial charge in [0.05, 0.1) is 27.0 Å². The molecule has 0 N–H and O–H groups in total. The Morgan fingerprint density at radius 2 is 1.68 bits per heavy atom. The first kappa shape index (κ1) is 20.4. The minimum absolute atomic E-state index is 0.379. The van der Waals surface area contributed by atoms with Crippen molar-refractivity contribution >= 4 is 12.2 Å². The topological polar surface area (TPSA) is 53.7 Å². The molecular weight excluding hydrogens is 412 g/mol. The van der Waals surface area contributed by atoms with E-state index in [-0.39, 0.29) is 5.79 Å². The molecule has 162 valence electrons. The van der Waals surface area contributed by atoms with Crippen LogP contribution < -0.4 is 4.74 Å². The van der Waals surface area contributed by atoms with Crippen LogP contribution in [0.15, 0.2) is 54.6 Å². The number of hydrogen-bond donors (Lipinski definition) is 0. The molecule has 7 nitrogen and oxygen atoms in total. The molecule has 2 fully saturated rings. The summed E-state index contributed by atoms with van der Waals surface area (Å²) in [6.07, 6.45) is 1.73. The summed E-state index contributed by atoms with van der Waals surface area (Å²) in [6.45, 7) is 3.79. The monoisotopic (exact) mass is 438 g/mol. The second-order valence-electron chi connectivity index (χ2n) is 7.87. The van der Waals surface area contributed by atoms with Crippen LogP contribution in [0.2, 0.25) is 0 Å². The second kappa shape index (κ2) is 8.55. The average Bonchev–Trinajstić information content (AvgIpc) is 3.41. The molecule has 2 aliphatic heterocycles. The summed E-state index contributed by atoms with van der Waals surface area (Å²) in [5.74, 6) is 1.25. The van der Waals surface area contributed by atoms with Gasteiger partial charge in [0.25, 0.3) is 0 Å².